The highest BCUT2D eigenvalue weighted by Gasteiger charge is 2.17. The Kier molecular flexibility index (Phi) is 5.78. The molecule has 7 heteroatoms. The number of rotatable bonds is 6. The minimum absolute atomic E-state index is 0.0556. The Hall–Kier alpha value is -2.25. The van der Waals surface area contributed by atoms with Crippen molar-refractivity contribution in [2.45, 2.75) is 26.1 Å². The van der Waals surface area contributed by atoms with Crippen molar-refractivity contribution in [3.8, 4) is 0 Å². The van der Waals surface area contributed by atoms with Crippen LogP contribution in [0.2, 0.25) is 0 Å². The lowest BCUT2D eigenvalue weighted by molar-refractivity contribution is -0.124. The number of carbonyl (C=O) groups is 1. The molecule has 0 saturated carbocycles. The van der Waals surface area contributed by atoms with E-state index in [0.29, 0.717) is 6.54 Å². The molecule has 1 N–H and O–H groups in total. The third kappa shape index (κ3) is 4.64. The van der Waals surface area contributed by atoms with Crippen LogP contribution < -0.4 is 5.32 Å². The number of nitrogens with one attached hydrogen (secondary N) is 1. The van der Waals surface area contributed by atoms with E-state index in [1.54, 1.807) is 11.0 Å². The molecule has 1 fully saturated rings. The van der Waals surface area contributed by atoms with Gasteiger partial charge in [0.2, 0.25) is 5.91 Å². The summed E-state index contributed by atoms with van der Waals surface area (Å²) in [5.41, 5.74) is 2.45. The van der Waals surface area contributed by atoms with Crippen molar-refractivity contribution >= 4 is 5.91 Å². The monoisotopic (exact) mass is 342 g/mol. The van der Waals surface area contributed by atoms with Crippen LogP contribution in [0, 0.1) is 0 Å². The quantitative estimate of drug-likeness (QED) is 0.845. The van der Waals surface area contributed by atoms with Gasteiger partial charge in [-0.1, -0.05) is 24.3 Å². The number of nitrogens with zero attached hydrogens (tertiary/aromatic N) is 5. The Morgan fingerprint density at radius 1 is 1.20 bits per heavy atom. The molecule has 1 aromatic heterocycles. The van der Waals surface area contributed by atoms with E-state index in [1.165, 1.54) is 17.5 Å². The van der Waals surface area contributed by atoms with Gasteiger partial charge < -0.3 is 10.2 Å². The van der Waals surface area contributed by atoms with Crippen LogP contribution >= 0.6 is 0 Å². The zero-order chi connectivity index (χ0) is 17.6. The minimum atomic E-state index is -0.368. The Bertz CT molecular complexity index is 679. The Morgan fingerprint density at radius 3 is 2.60 bits per heavy atom. The van der Waals surface area contributed by atoms with E-state index in [2.05, 4.69) is 50.4 Å². The number of carbonyl (C=O) groups excluding carboxylic acids is 1. The number of hydrogen-bond donors (Lipinski definition) is 1. The molecule has 2 aromatic rings. The number of hydrogen-bond acceptors (Lipinski definition) is 5. The molecule has 1 aliphatic heterocycles. The molecule has 0 bridgehead atoms. The molecular weight excluding hydrogens is 316 g/mol. The fraction of sp³-hybridized carbons (Fsp3) is 0.500. The summed E-state index contributed by atoms with van der Waals surface area (Å²) in [6, 6.07) is 7.96. The molecule has 134 valence electrons. The molecule has 2 heterocycles. The van der Waals surface area contributed by atoms with Gasteiger partial charge in [-0.25, -0.2) is 9.67 Å². The predicted octanol–water partition coefficient (Wildman–Crippen LogP) is 0.903. The van der Waals surface area contributed by atoms with Crippen molar-refractivity contribution < 1.29 is 4.79 Å². The van der Waals surface area contributed by atoms with Gasteiger partial charge in [-0.15, -0.1) is 0 Å². The number of piperazine rings is 1. The lowest BCUT2D eigenvalue weighted by Gasteiger charge is -2.32. The van der Waals surface area contributed by atoms with Crippen LogP contribution in [0.4, 0.5) is 0 Å². The summed E-state index contributed by atoms with van der Waals surface area (Å²) in [6.07, 6.45) is 3.00. The molecule has 0 unspecified atom stereocenters. The van der Waals surface area contributed by atoms with Crippen molar-refractivity contribution in [3.63, 3.8) is 0 Å². The first-order chi connectivity index (χ1) is 12.1. The Labute approximate surface area is 148 Å². The normalized spacial score (nSPS) is 17.4. The third-order valence-electron chi connectivity index (χ3n) is 4.77. The molecule has 1 saturated heterocycles. The average Bonchev–Trinajstić information content (AvgIpc) is 3.16. The van der Waals surface area contributed by atoms with Crippen LogP contribution in [-0.4, -0.2) is 63.7 Å². The first-order valence-corrected chi connectivity index (χ1v) is 8.73. The maximum Gasteiger partial charge on any atom is 0.244 e. The summed E-state index contributed by atoms with van der Waals surface area (Å²) in [5, 5.41) is 7.04. The van der Waals surface area contributed by atoms with Crippen molar-refractivity contribution in [3.05, 3.63) is 48.0 Å². The van der Waals surface area contributed by atoms with Gasteiger partial charge >= 0.3 is 0 Å². The maximum atomic E-state index is 12.3. The smallest absolute Gasteiger partial charge is 0.244 e. The number of amides is 1. The van der Waals surface area contributed by atoms with E-state index in [4.69, 9.17) is 0 Å². The van der Waals surface area contributed by atoms with Gasteiger partial charge in [-0.3, -0.25) is 9.69 Å². The number of likely N-dealkylation sites (N-methyl/N-ethyl adjacent to an activating group) is 1. The molecule has 0 aliphatic carbocycles. The topological polar surface area (TPSA) is 66.3 Å². The fourth-order valence-corrected chi connectivity index (χ4v) is 3.00. The minimum Gasteiger partial charge on any atom is -0.350 e. The molecule has 0 spiro atoms. The van der Waals surface area contributed by atoms with Crippen LogP contribution in [0.1, 0.15) is 24.1 Å². The van der Waals surface area contributed by atoms with E-state index >= 15 is 0 Å². The third-order valence-corrected chi connectivity index (χ3v) is 4.77. The summed E-state index contributed by atoms with van der Waals surface area (Å²) in [4.78, 5) is 21.1. The zero-order valence-electron chi connectivity index (χ0n) is 14.9. The van der Waals surface area contributed by atoms with Gasteiger partial charge in [-0.05, 0) is 25.1 Å². The molecule has 0 radical (unpaired) electrons. The lowest BCUT2D eigenvalue weighted by Crippen LogP contribution is -2.44. The SMILES string of the molecule is C[C@@H](C(=O)NCc1ccccc1CN1CCN(C)CC1)n1cncn1. The zero-order valence-corrected chi connectivity index (χ0v) is 14.9. The highest BCUT2D eigenvalue weighted by Crippen LogP contribution is 2.14. The number of aromatic nitrogens is 3. The second kappa shape index (κ2) is 8.22. The molecular formula is C18H26N6O. The Balaban J connectivity index is 1.58. The summed E-state index contributed by atoms with van der Waals surface area (Å²) in [5.74, 6) is -0.0556. The fourth-order valence-electron chi connectivity index (χ4n) is 3.00. The largest absolute Gasteiger partial charge is 0.350 e. The Morgan fingerprint density at radius 2 is 1.92 bits per heavy atom. The van der Waals surface area contributed by atoms with E-state index in [-0.39, 0.29) is 11.9 Å². The van der Waals surface area contributed by atoms with E-state index in [0.717, 1.165) is 32.7 Å². The lowest BCUT2D eigenvalue weighted by atomic mass is 10.1. The van der Waals surface area contributed by atoms with Gasteiger partial charge in [0, 0.05) is 39.3 Å². The first-order valence-electron chi connectivity index (χ1n) is 8.73. The standard InChI is InChI=1S/C18H26N6O/c1-15(24-14-19-13-21-24)18(25)20-11-16-5-3-4-6-17(16)12-23-9-7-22(2)8-10-23/h3-6,13-15H,7-12H2,1-2H3,(H,20,25)/t15-/m0/s1. The molecule has 3 rings (SSSR count). The average molecular weight is 342 g/mol. The second-order valence-electron chi connectivity index (χ2n) is 6.62. The highest BCUT2D eigenvalue weighted by atomic mass is 16.2. The van der Waals surface area contributed by atoms with E-state index in [9.17, 15) is 4.79 Å². The summed E-state index contributed by atoms with van der Waals surface area (Å²) < 4.78 is 1.56. The van der Waals surface area contributed by atoms with Crippen LogP contribution in [0.25, 0.3) is 0 Å². The molecule has 1 aliphatic rings. The van der Waals surface area contributed by atoms with Gasteiger partial charge in [0.15, 0.2) is 0 Å². The highest BCUT2D eigenvalue weighted by molar-refractivity contribution is 5.79. The molecule has 1 atom stereocenters. The van der Waals surface area contributed by atoms with Crippen LogP contribution in [0.5, 0.6) is 0 Å². The molecule has 7 nitrogen and oxygen atoms in total. The summed E-state index contributed by atoms with van der Waals surface area (Å²) in [6.45, 7) is 7.66. The van der Waals surface area contributed by atoms with Gasteiger partial charge in [0.05, 0.1) is 0 Å². The van der Waals surface area contributed by atoms with Crippen LogP contribution in [0.15, 0.2) is 36.9 Å². The van der Waals surface area contributed by atoms with Gasteiger partial charge in [-0.2, -0.15) is 5.10 Å². The van der Waals surface area contributed by atoms with E-state index in [1.807, 2.05) is 13.0 Å². The van der Waals surface area contributed by atoms with Crippen LogP contribution in [-0.2, 0) is 17.9 Å². The van der Waals surface area contributed by atoms with Crippen molar-refractivity contribution in [2.75, 3.05) is 33.2 Å². The van der Waals surface area contributed by atoms with Crippen molar-refractivity contribution in [1.29, 1.82) is 0 Å². The summed E-state index contributed by atoms with van der Waals surface area (Å²) >= 11 is 0. The van der Waals surface area contributed by atoms with Gasteiger partial charge in [0.1, 0.15) is 18.7 Å². The first kappa shape index (κ1) is 17.6. The van der Waals surface area contributed by atoms with E-state index < -0.39 is 0 Å². The molecule has 1 amide bonds. The van der Waals surface area contributed by atoms with Crippen molar-refractivity contribution in [2.24, 2.45) is 0 Å². The van der Waals surface area contributed by atoms with Crippen LogP contribution in [0.3, 0.4) is 0 Å². The number of benzene rings is 1. The summed E-state index contributed by atoms with van der Waals surface area (Å²) in [7, 11) is 2.16. The van der Waals surface area contributed by atoms with Crippen molar-refractivity contribution in [1.82, 2.24) is 29.9 Å². The maximum absolute atomic E-state index is 12.3. The molecule has 1 aromatic carbocycles. The molecule has 25 heavy (non-hydrogen) atoms. The van der Waals surface area contributed by atoms with Gasteiger partial charge in [0.25, 0.3) is 0 Å². The predicted molar refractivity (Wildman–Crippen MR) is 95.8 cm³/mol. The second-order valence-corrected chi connectivity index (χ2v) is 6.62.